The van der Waals surface area contributed by atoms with Crippen molar-refractivity contribution in [2.45, 2.75) is 36.9 Å². The molecule has 19 heavy (non-hydrogen) atoms. The predicted molar refractivity (Wildman–Crippen MR) is 85.5 cm³/mol. The Labute approximate surface area is 132 Å². The van der Waals surface area contributed by atoms with E-state index < -0.39 is 0 Å². The highest BCUT2D eigenvalue weighted by molar-refractivity contribution is 9.10. The lowest BCUT2D eigenvalue weighted by Crippen LogP contribution is -2.02. The van der Waals surface area contributed by atoms with Gasteiger partial charge >= 0.3 is 0 Å². The molecule has 1 saturated carbocycles. The lowest BCUT2D eigenvalue weighted by molar-refractivity contribution is 0.393. The second-order valence-corrected chi connectivity index (χ2v) is 7.04. The molecule has 4 heteroatoms. The normalized spacial score (nSPS) is 17.5. The van der Waals surface area contributed by atoms with Crippen molar-refractivity contribution in [2.75, 3.05) is 14.2 Å². The molecular formula is C15H20Br2O2. The molecule has 1 aromatic rings. The molecule has 0 radical (unpaired) electrons. The zero-order chi connectivity index (χ0) is 13.8. The van der Waals surface area contributed by atoms with Gasteiger partial charge in [0.15, 0.2) is 0 Å². The molecule has 0 bridgehead atoms. The van der Waals surface area contributed by atoms with Crippen molar-refractivity contribution in [1.29, 1.82) is 0 Å². The minimum Gasteiger partial charge on any atom is -0.496 e. The van der Waals surface area contributed by atoms with E-state index in [-0.39, 0.29) is 0 Å². The summed E-state index contributed by atoms with van der Waals surface area (Å²) in [6.07, 6.45) is 6.65. The van der Waals surface area contributed by atoms with Gasteiger partial charge < -0.3 is 9.47 Å². The third-order valence-corrected chi connectivity index (χ3v) is 5.34. The first kappa shape index (κ1) is 15.2. The number of hydrogen-bond acceptors (Lipinski definition) is 2. The molecule has 1 aromatic carbocycles. The van der Waals surface area contributed by atoms with E-state index >= 15 is 0 Å². The van der Waals surface area contributed by atoms with Gasteiger partial charge in [-0.1, -0.05) is 41.6 Å². The molecular weight excluding hydrogens is 372 g/mol. The highest BCUT2D eigenvalue weighted by atomic mass is 79.9. The van der Waals surface area contributed by atoms with Crippen molar-refractivity contribution in [3.05, 3.63) is 22.2 Å². The van der Waals surface area contributed by atoms with Gasteiger partial charge in [0, 0.05) is 10.4 Å². The Morgan fingerprint density at radius 2 is 1.79 bits per heavy atom. The number of benzene rings is 1. The molecule has 0 heterocycles. The largest absolute Gasteiger partial charge is 0.496 e. The van der Waals surface area contributed by atoms with Gasteiger partial charge in [-0.3, -0.25) is 0 Å². The van der Waals surface area contributed by atoms with Crippen molar-refractivity contribution >= 4 is 31.9 Å². The summed E-state index contributed by atoms with van der Waals surface area (Å²) in [7, 11) is 3.41. The Morgan fingerprint density at radius 1 is 1.16 bits per heavy atom. The zero-order valence-electron chi connectivity index (χ0n) is 11.4. The SMILES string of the molecule is COc1cc(C(Br)CC2CCCC2)c(OC)cc1Br. The first-order valence-electron chi connectivity index (χ1n) is 6.71. The molecule has 0 aromatic heterocycles. The molecule has 0 amide bonds. The maximum Gasteiger partial charge on any atom is 0.133 e. The van der Waals surface area contributed by atoms with Crippen molar-refractivity contribution in [1.82, 2.24) is 0 Å². The second-order valence-electron chi connectivity index (χ2n) is 5.08. The monoisotopic (exact) mass is 390 g/mol. The number of rotatable bonds is 5. The van der Waals surface area contributed by atoms with Crippen molar-refractivity contribution < 1.29 is 9.47 Å². The smallest absolute Gasteiger partial charge is 0.133 e. The van der Waals surface area contributed by atoms with Gasteiger partial charge in [0.2, 0.25) is 0 Å². The molecule has 2 nitrogen and oxygen atoms in total. The van der Waals surface area contributed by atoms with Gasteiger partial charge in [-0.05, 0) is 40.4 Å². The summed E-state index contributed by atoms with van der Waals surface area (Å²) in [5.41, 5.74) is 1.18. The molecule has 0 saturated heterocycles. The van der Waals surface area contributed by atoms with Crippen LogP contribution in [-0.2, 0) is 0 Å². The Morgan fingerprint density at radius 3 is 2.37 bits per heavy atom. The minimum absolute atomic E-state index is 0.326. The highest BCUT2D eigenvalue weighted by Gasteiger charge is 2.22. The number of alkyl halides is 1. The summed E-state index contributed by atoms with van der Waals surface area (Å²) in [6.45, 7) is 0. The fraction of sp³-hybridized carbons (Fsp3) is 0.600. The zero-order valence-corrected chi connectivity index (χ0v) is 14.6. The van der Waals surface area contributed by atoms with Gasteiger partial charge in [-0.25, -0.2) is 0 Å². The van der Waals surface area contributed by atoms with Crippen LogP contribution in [0.2, 0.25) is 0 Å². The van der Waals surface area contributed by atoms with Crippen LogP contribution in [-0.4, -0.2) is 14.2 Å². The Balaban J connectivity index is 2.20. The van der Waals surface area contributed by atoms with E-state index in [1.165, 1.54) is 37.7 Å². The van der Waals surface area contributed by atoms with E-state index in [9.17, 15) is 0 Å². The van der Waals surface area contributed by atoms with Crippen LogP contribution in [0, 0.1) is 5.92 Å². The highest BCUT2D eigenvalue weighted by Crippen LogP contribution is 2.43. The van der Waals surface area contributed by atoms with Gasteiger partial charge in [-0.15, -0.1) is 0 Å². The molecule has 0 aliphatic heterocycles. The number of ether oxygens (including phenoxy) is 2. The van der Waals surface area contributed by atoms with E-state index in [4.69, 9.17) is 9.47 Å². The van der Waals surface area contributed by atoms with Crippen molar-refractivity contribution in [2.24, 2.45) is 5.92 Å². The molecule has 1 unspecified atom stereocenters. The van der Waals surface area contributed by atoms with Gasteiger partial charge in [0.05, 0.1) is 18.7 Å². The molecule has 1 aliphatic carbocycles. The average Bonchev–Trinajstić information content (AvgIpc) is 2.91. The minimum atomic E-state index is 0.326. The molecule has 106 valence electrons. The van der Waals surface area contributed by atoms with E-state index in [0.29, 0.717) is 4.83 Å². The summed E-state index contributed by atoms with van der Waals surface area (Å²) < 4.78 is 11.8. The third kappa shape index (κ3) is 3.66. The quantitative estimate of drug-likeness (QED) is 0.618. The summed E-state index contributed by atoms with van der Waals surface area (Å²) in [5, 5.41) is 0. The summed E-state index contributed by atoms with van der Waals surface area (Å²) in [4.78, 5) is 0.326. The van der Waals surface area contributed by atoms with Crippen LogP contribution in [0.4, 0.5) is 0 Å². The summed E-state index contributed by atoms with van der Waals surface area (Å²) in [5.74, 6) is 2.60. The first-order valence-corrected chi connectivity index (χ1v) is 8.42. The van der Waals surface area contributed by atoms with E-state index in [0.717, 1.165) is 21.9 Å². The Kier molecular flexibility index (Phi) is 5.58. The third-order valence-electron chi connectivity index (χ3n) is 3.86. The van der Waals surface area contributed by atoms with Crippen LogP contribution < -0.4 is 9.47 Å². The van der Waals surface area contributed by atoms with Crippen LogP contribution in [0.5, 0.6) is 11.5 Å². The standard InChI is InChI=1S/C15H20Br2O2/c1-18-14-9-13(17)15(19-2)8-11(14)12(16)7-10-5-3-4-6-10/h8-10,12H,3-7H2,1-2H3. The summed E-state index contributed by atoms with van der Waals surface area (Å²) >= 11 is 7.32. The molecule has 0 N–H and O–H groups in total. The molecule has 1 aliphatic rings. The first-order chi connectivity index (χ1) is 9.15. The number of hydrogen-bond donors (Lipinski definition) is 0. The predicted octanol–water partition coefficient (Wildman–Crippen LogP) is 5.48. The van der Waals surface area contributed by atoms with Gasteiger partial charge in [0.25, 0.3) is 0 Å². The van der Waals surface area contributed by atoms with Crippen LogP contribution in [0.1, 0.15) is 42.5 Å². The topological polar surface area (TPSA) is 18.5 Å². The molecule has 0 spiro atoms. The van der Waals surface area contributed by atoms with Gasteiger partial charge in [-0.2, -0.15) is 0 Å². The van der Waals surface area contributed by atoms with E-state index in [2.05, 4.69) is 37.9 Å². The van der Waals surface area contributed by atoms with Crippen LogP contribution in [0.3, 0.4) is 0 Å². The lowest BCUT2D eigenvalue weighted by Gasteiger charge is -2.19. The van der Waals surface area contributed by atoms with Crippen molar-refractivity contribution in [3.63, 3.8) is 0 Å². The van der Waals surface area contributed by atoms with Crippen LogP contribution in [0.15, 0.2) is 16.6 Å². The maximum absolute atomic E-state index is 5.50. The molecule has 1 fully saturated rings. The lowest BCUT2D eigenvalue weighted by atomic mass is 9.97. The fourth-order valence-electron chi connectivity index (χ4n) is 2.79. The summed E-state index contributed by atoms with van der Waals surface area (Å²) in [6, 6.07) is 4.05. The Hall–Kier alpha value is -0.220. The molecule has 1 atom stereocenters. The fourth-order valence-corrected chi connectivity index (χ4v) is 4.17. The van der Waals surface area contributed by atoms with Gasteiger partial charge in [0.1, 0.15) is 11.5 Å². The number of methoxy groups -OCH3 is 2. The van der Waals surface area contributed by atoms with Crippen LogP contribution in [0.25, 0.3) is 0 Å². The van der Waals surface area contributed by atoms with E-state index in [1.807, 2.05) is 6.07 Å². The van der Waals surface area contributed by atoms with Crippen LogP contribution >= 0.6 is 31.9 Å². The molecule has 2 rings (SSSR count). The number of halogens is 2. The van der Waals surface area contributed by atoms with E-state index in [1.54, 1.807) is 14.2 Å². The second kappa shape index (κ2) is 6.98. The Bertz CT molecular complexity index is 428. The maximum atomic E-state index is 5.50. The average molecular weight is 392 g/mol. The van der Waals surface area contributed by atoms with Crippen molar-refractivity contribution in [3.8, 4) is 11.5 Å².